The first-order chi connectivity index (χ1) is 9.42. The van der Waals surface area contributed by atoms with Crippen LogP contribution in [-0.2, 0) is 28.7 Å². The van der Waals surface area contributed by atoms with Gasteiger partial charge in [-0.3, -0.25) is 0 Å². The molecule has 0 saturated heterocycles. The van der Waals surface area contributed by atoms with Gasteiger partial charge in [0.25, 0.3) is 0 Å². The zero-order valence-electron chi connectivity index (χ0n) is 11.1. The minimum absolute atomic E-state index is 0.0917. The van der Waals surface area contributed by atoms with E-state index >= 15 is 0 Å². The minimum atomic E-state index is -2.97. The fourth-order valence-electron chi connectivity index (χ4n) is 1.83. The van der Waals surface area contributed by atoms with Crippen molar-refractivity contribution < 1.29 is 8.42 Å². The van der Waals surface area contributed by atoms with Crippen molar-refractivity contribution in [3.63, 3.8) is 0 Å². The Morgan fingerprint density at radius 3 is 2.25 bits per heavy atom. The average molecular weight is 330 g/mol. The fraction of sp³-hybridized carbons (Fsp3) is 0.286. The van der Waals surface area contributed by atoms with Crippen molar-refractivity contribution >= 4 is 32.8 Å². The minimum Gasteiger partial charge on any atom is -0.308 e. The van der Waals surface area contributed by atoms with Gasteiger partial charge in [-0.25, -0.2) is 8.42 Å². The van der Waals surface area contributed by atoms with Crippen molar-refractivity contribution in [3.05, 3.63) is 56.7 Å². The highest BCUT2D eigenvalue weighted by atomic mass is 35.5. The predicted octanol–water partition coefficient (Wildman–Crippen LogP) is 3.24. The molecule has 1 aromatic carbocycles. The van der Waals surface area contributed by atoms with Gasteiger partial charge in [0.15, 0.2) is 9.84 Å². The maximum Gasteiger partial charge on any atom is 0.151 e. The number of sulfone groups is 1. The van der Waals surface area contributed by atoms with Crippen LogP contribution in [0.3, 0.4) is 0 Å². The molecule has 3 nitrogen and oxygen atoms in total. The molecule has 0 fully saturated rings. The quantitative estimate of drug-likeness (QED) is 0.885. The highest BCUT2D eigenvalue weighted by molar-refractivity contribution is 7.89. The normalized spacial score (nSPS) is 11.7. The molecule has 20 heavy (non-hydrogen) atoms. The number of halogens is 1. The van der Waals surface area contributed by atoms with E-state index in [9.17, 15) is 8.42 Å². The summed E-state index contributed by atoms with van der Waals surface area (Å²) in [5.74, 6) is 0.0917. The molecule has 1 N–H and O–H groups in total. The zero-order chi connectivity index (χ0) is 14.6. The largest absolute Gasteiger partial charge is 0.308 e. The van der Waals surface area contributed by atoms with Crippen LogP contribution in [0.15, 0.2) is 36.4 Å². The average Bonchev–Trinajstić information content (AvgIpc) is 2.75. The van der Waals surface area contributed by atoms with Crippen LogP contribution >= 0.6 is 22.9 Å². The number of hydrogen-bond acceptors (Lipinski definition) is 4. The van der Waals surface area contributed by atoms with Crippen molar-refractivity contribution in [2.75, 3.05) is 6.26 Å². The van der Waals surface area contributed by atoms with Gasteiger partial charge >= 0.3 is 0 Å². The molecule has 0 spiro atoms. The Morgan fingerprint density at radius 1 is 1.05 bits per heavy atom. The molecule has 108 valence electrons. The van der Waals surface area contributed by atoms with Crippen LogP contribution in [0, 0.1) is 0 Å². The predicted molar refractivity (Wildman–Crippen MR) is 84.9 cm³/mol. The molecule has 0 radical (unpaired) electrons. The van der Waals surface area contributed by atoms with E-state index in [1.807, 2.05) is 36.4 Å². The van der Waals surface area contributed by atoms with Gasteiger partial charge in [0.05, 0.1) is 10.1 Å². The van der Waals surface area contributed by atoms with Gasteiger partial charge in [0, 0.05) is 24.2 Å². The molecule has 0 bridgehead atoms. The van der Waals surface area contributed by atoms with Crippen molar-refractivity contribution in [1.29, 1.82) is 0 Å². The van der Waals surface area contributed by atoms with E-state index in [-0.39, 0.29) is 5.75 Å². The fourth-order valence-corrected chi connectivity index (χ4v) is 3.69. The topological polar surface area (TPSA) is 46.2 Å². The monoisotopic (exact) mass is 329 g/mol. The Labute approximate surface area is 128 Å². The molecule has 1 heterocycles. The Balaban J connectivity index is 1.84. The van der Waals surface area contributed by atoms with Gasteiger partial charge < -0.3 is 5.32 Å². The number of nitrogens with one attached hydrogen (secondary N) is 1. The first kappa shape index (κ1) is 15.5. The lowest BCUT2D eigenvalue weighted by molar-refractivity contribution is 0.601. The molecular weight excluding hydrogens is 314 g/mol. The number of benzene rings is 1. The number of rotatable bonds is 6. The van der Waals surface area contributed by atoms with Crippen molar-refractivity contribution in [3.8, 4) is 0 Å². The van der Waals surface area contributed by atoms with E-state index in [1.165, 1.54) is 11.1 Å². The Hall–Kier alpha value is -0.880. The summed E-state index contributed by atoms with van der Waals surface area (Å²) in [6.07, 6.45) is 1.24. The van der Waals surface area contributed by atoms with Crippen LogP contribution in [0.4, 0.5) is 0 Å². The van der Waals surface area contributed by atoms with Gasteiger partial charge in [0.2, 0.25) is 0 Å². The van der Waals surface area contributed by atoms with Crippen LogP contribution < -0.4 is 5.32 Å². The van der Waals surface area contributed by atoms with E-state index < -0.39 is 9.84 Å². The Kier molecular flexibility index (Phi) is 5.21. The van der Waals surface area contributed by atoms with Gasteiger partial charge in [0.1, 0.15) is 0 Å². The standard InChI is InChI=1S/C14H16ClNO2S2/c1-20(17,18)10-12-4-2-11(3-5-12)8-16-9-13-6-7-14(15)19-13/h2-7,16H,8-10H2,1H3. The lowest BCUT2D eigenvalue weighted by atomic mass is 10.1. The third kappa shape index (κ3) is 5.25. The maximum atomic E-state index is 11.2. The van der Waals surface area contributed by atoms with Crippen LogP contribution in [0.5, 0.6) is 0 Å². The summed E-state index contributed by atoms with van der Waals surface area (Å²) in [5, 5.41) is 3.33. The Bertz CT molecular complexity index is 663. The number of thiophene rings is 1. The molecule has 0 saturated carbocycles. The summed E-state index contributed by atoms with van der Waals surface area (Å²) >= 11 is 7.44. The maximum absolute atomic E-state index is 11.2. The molecule has 0 amide bonds. The van der Waals surface area contributed by atoms with Crippen LogP contribution in [0.25, 0.3) is 0 Å². The summed E-state index contributed by atoms with van der Waals surface area (Å²) in [5.41, 5.74) is 1.95. The molecule has 0 aliphatic heterocycles. The molecule has 2 aromatic rings. The van der Waals surface area contributed by atoms with Gasteiger partial charge in [-0.05, 0) is 23.3 Å². The van der Waals surface area contributed by atoms with Gasteiger partial charge in [-0.2, -0.15) is 0 Å². The van der Waals surface area contributed by atoms with Crippen LogP contribution in [0.1, 0.15) is 16.0 Å². The van der Waals surface area contributed by atoms with E-state index in [2.05, 4.69) is 5.32 Å². The number of hydrogen-bond donors (Lipinski definition) is 1. The van der Waals surface area contributed by atoms with E-state index in [0.29, 0.717) is 0 Å². The lowest BCUT2D eigenvalue weighted by Gasteiger charge is -2.05. The molecule has 6 heteroatoms. The summed E-state index contributed by atoms with van der Waals surface area (Å²) < 4.78 is 23.2. The first-order valence-electron chi connectivity index (χ1n) is 6.13. The molecule has 0 atom stereocenters. The van der Waals surface area contributed by atoms with Crippen molar-refractivity contribution in [2.45, 2.75) is 18.8 Å². The highest BCUT2D eigenvalue weighted by Crippen LogP contribution is 2.21. The van der Waals surface area contributed by atoms with Crippen molar-refractivity contribution in [1.82, 2.24) is 5.32 Å². The lowest BCUT2D eigenvalue weighted by Crippen LogP contribution is -2.11. The third-order valence-electron chi connectivity index (χ3n) is 2.71. The summed E-state index contributed by atoms with van der Waals surface area (Å²) in [7, 11) is -2.97. The molecule has 0 unspecified atom stereocenters. The summed E-state index contributed by atoms with van der Waals surface area (Å²) in [6.45, 7) is 1.52. The second kappa shape index (κ2) is 6.72. The smallest absolute Gasteiger partial charge is 0.151 e. The van der Waals surface area contributed by atoms with Gasteiger partial charge in [-0.15, -0.1) is 11.3 Å². The third-order valence-corrected chi connectivity index (χ3v) is 4.80. The summed E-state index contributed by atoms with van der Waals surface area (Å²) in [6, 6.07) is 11.5. The van der Waals surface area contributed by atoms with Gasteiger partial charge in [-0.1, -0.05) is 35.9 Å². The first-order valence-corrected chi connectivity index (χ1v) is 9.38. The summed E-state index contributed by atoms with van der Waals surface area (Å²) in [4.78, 5) is 1.20. The second-order valence-electron chi connectivity index (χ2n) is 4.70. The molecule has 0 aliphatic carbocycles. The van der Waals surface area contributed by atoms with Crippen molar-refractivity contribution in [2.24, 2.45) is 0 Å². The van der Waals surface area contributed by atoms with Crippen LogP contribution in [-0.4, -0.2) is 14.7 Å². The van der Waals surface area contributed by atoms with Crippen LogP contribution in [0.2, 0.25) is 4.34 Å². The highest BCUT2D eigenvalue weighted by Gasteiger charge is 2.04. The second-order valence-corrected chi connectivity index (χ2v) is 8.64. The Morgan fingerprint density at radius 2 is 1.70 bits per heavy atom. The SMILES string of the molecule is CS(=O)(=O)Cc1ccc(CNCc2ccc(Cl)s2)cc1. The molecular formula is C14H16ClNO2S2. The molecule has 2 rings (SSSR count). The van der Waals surface area contributed by atoms with E-state index in [0.717, 1.165) is 28.6 Å². The molecule has 1 aromatic heterocycles. The van der Waals surface area contributed by atoms with E-state index in [1.54, 1.807) is 11.3 Å². The zero-order valence-corrected chi connectivity index (χ0v) is 13.5. The van der Waals surface area contributed by atoms with E-state index in [4.69, 9.17) is 11.6 Å². The molecule has 0 aliphatic rings.